The predicted octanol–water partition coefficient (Wildman–Crippen LogP) is -2.57. The lowest BCUT2D eigenvalue weighted by atomic mass is 9.95. The van der Waals surface area contributed by atoms with Crippen molar-refractivity contribution in [2.24, 2.45) is 35.0 Å². The maximum Gasteiger partial charge on any atom is 0.246 e. The van der Waals surface area contributed by atoms with Crippen LogP contribution in [0.15, 0.2) is 30.5 Å². The number of nitrogens with one attached hydrogen (secondary N) is 16. The number of aromatic amines is 1. The molecule has 1 aromatic heterocycles. The highest BCUT2D eigenvalue weighted by Crippen LogP contribution is 2.22. The van der Waals surface area contributed by atoms with E-state index in [0.717, 1.165) is 16.5 Å². The number of aromatic nitrogens is 1. The van der Waals surface area contributed by atoms with Crippen molar-refractivity contribution in [2.45, 2.75) is 297 Å². The maximum atomic E-state index is 14.2. The summed E-state index contributed by atoms with van der Waals surface area (Å²) in [6, 6.07) is -4.36. The monoisotopic (exact) mass is 1610 g/mol. The zero-order valence-corrected chi connectivity index (χ0v) is 69.6. The SMILES string of the molecule is CC(=O)N[C@@H](Cc1c[nH]c2ccccc12)C(=O)N[C@@H](C)C(=O)NC(C)(C)C(=O)NC(C)(C)C(=O)N[C@@H](CC(C)C)C(=O)N[C@@H](C)C(=O)N[C@@H](CCC(N)=O)C(=O)NC(C)(C)C(=O)NC(C)(C)C(=O)NC(C)(C)C(=O)N[C@@H](CCC(N)=O)C(=O)N[C@@H](CC(C)C)C(=O)NC(C)(C)C(=O)N[C@@H](CCC(N)=O)C(=O)N[C@H](CO)CC(C)C. The number of primary amides is 3. The van der Waals surface area contributed by atoms with Crippen LogP contribution in [0, 0.1) is 17.8 Å². The van der Waals surface area contributed by atoms with Gasteiger partial charge in [-0.15, -0.1) is 0 Å². The highest BCUT2D eigenvalue weighted by molar-refractivity contribution is 6.03. The lowest BCUT2D eigenvalue weighted by Crippen LogP contribution is -2.67. The summed E-state index contributed by atoms with van der Waals surface area (Å²) in [5.41, 5.74) is 6.73. The summed E-state index contributed by atoms with van der Waals surface area (Å²) in [6.07, 6.45) is -0.169. The number of para-hydroxylation sites is 1. The third-order valence-corrected chi connectivity index (χ3v) is 18.2. The van der Waals surface area contributed by atoms with E-state index in [4.69, 9.17) is 17.2 Å². The van der Waals surface area contributed by atoms with Crippen molar-refractivity contribution >= 4 is 117 Å². The Kier molecular flexibility index (Phi) is 37.3. The van der Waals surface area contributed by atoms with Gasteiger partial charge in [0, 0.05) is 49.7 Å². The van der Waals surface area contributed by atoms with Crippen LogP contribution in [0.25, 0.3) is 10.9 Å². The van der Waals surface area contributed by atoms with Crippen molar-refractivity contribution in [1.82, 2.24) is 84.7 Å². The van der Waals surface area contributed by atoms with Gasteiger partial charge in [-0.1, -0.05) is 59.7 Å². The van der Waals surface area contributed by atoms with Gasteiger partial charge in [-0.25, -0.2) is 0 Å². The van der Waals surface area contributed by atoms with Gasteiger partial charge in [-0.05, 0) is 165 Å². The number of H-pyrrole nitrogens is 1. The van der Waals surface area contributed by atoms with Gasteiger partial charge in [0.25, 0.3) is 0 Å². The van der Waals surface area contributed by atoms with E-state index in [-0.39, 0.29) is 49.9 Å². The molecule has 0 fully saturated rings. The Labute approximate surface area is 665 Å². The van der Waals surface area contributed by atoms with Gasteiger partial charge in [0.2, 0.25) is 106 Å². The van der Waals surface area contributed by atoms with E-state index >= 15 is 0 Å². The van der Waals surface area contributed by atoms with Crippen LogP contribution in [0.2, 0.25) is 0 Å². The fraction of sp³-hybridized carbons (Fsp3) is 0.658. The number of carbonyl (C=O) groups is 18. The van der Waals surface area contributed by atoms with Crippen molar-refractivity contribution in [3.63, 3.8) is 0 Å². The summed E-state index contributed by atoms with van der Waals surface area (Å²) in [5, 5.41) is 49.0. The number of amides is 18. The molecule has 0 aliphatic rings. The van der Waals surface area contributed by atoms with Crippen LogP contribution >= 0.6 is 0 Å². The van der Waals surface area contributed by atoms with Crippen LogP contribution in [0.5, 0.6) is 0 Å². The van der Waals surface area contributed by atoms with Crippen molar-refractivity contribution in [1.29, 1.82) is 0 Å². The smallest absolute Gasteiger partial charge is 0.246 e. The Morgan fingerprint density at radius 2 is 0.675 bits per heavy atom. The lowest BCUT2D eigenvalue weighted by molar-refractivity contribution is -0.140. The Bertz CT molecular complexity index is 3840. The second kappa shape index (κ2) is 42.9. The first-order valence-electron chi connectivity index (χ1n) is 37.9. The second-order valence-corrected chi connectivity index (χ2v) is 33.3. The number of aliphatic hydroxyl groups excluding tert-OH is 1. The number of carbonyl (C=O) groups excluding carboxylic acids is 18. The fourth-order valence-corrected chi connectivity index (χ4v) is 11.3. The molecule has 1 heterocycles. The van der Waals surface area contributed by atoms with E-state index < -0.39 is 226 Å². The average molecular weight is 1610 g/mol. The number of hydrogen-bond acceptors (Lipinski definition) is 19. The maximum absolute atomic E-state index is 14.2. The van der Waals surface area contributed by atoms with Crippen LogP contribution < -0.4 is 97.0 Å². The number of hydrogen-bond donors (Lipinski definition) is 20. The molecule has 0 saturated heterocycles. The molecule has 0 unspecified atom stereocenters. The molecule has 2 aromatic rings. The molecule has 0 radical (unpaired) electrons. The molecule has 0 saturated carbocycles. The zero-order chi connectivity index (χ0) is 87.7. The van der Waals surface area contributed by atoms with E-state index in [2.05, 4.69) is 84.7 Å². The molecule has 0 spiro atoms. The molecule has 2 rings (SSSR count). The molecular weight excluding hydrogens is 1480 g/mol. The van der Waals surface area contributed by atoms with Crippen LogP contribution in [0.3, 0.4) is 0 Å². The van der Waals surface area contributed by atoms with Gasteiger partial charge in [0.1, 0.15) is 81.6 Å². The van der Waals surface area contributed by atoms with Crippen molar-refractivity contribution in [2.75, 3.05) is 6.61 Å². The summed E-state index contributed by atoms with van der Waals surface area (Å²) in [7, 11) is 0. The largest absolute Gasteiger partial charge is 0.394 e. The zero-order valence-electron chi connectivity index (χ0n) is 69.6. The molecule has 0 aliphatic heterocycles. The molecule has 38 nitrogen and oxygen atoms in total. The van der Waals surface area contributed by atoms with Gasteiger partial charge in [-0.3, -0.25) is 86.3 Å². The third kappa shape index (κ3) is 32.7. The van der Waals surface area contributed by atoms with Gasteiger partial charge in [0.15, 0.2) is 0 Å². The molecular formula is C76H125N19O19. The molecule has 9 atom stereocenters. The van der Waals surface area contributed by atoms with E-state index in [0.29, 0.717) is 6.42 Å². The first kappa shape index (κ1) is 99.3. The predicted molar refractivity (Wildman–Crippen MR) is 420 cm³/mol. The van der Waals surface area contributed by atoms with Crippen molar-refractivity contribution in [3.8, 4) is 0 Å². The standard InChI is InChI=1S/C76H125N19O19/c1-38(2)32-45(37-96)84-59(103)48(26-29-54(77)98)87-65(109)71(10,11)92-64(108)52(34-40(5)6)86-60(104)49(27-30-55(78)99)88-66(110)72(12,13)94-70(114)76(20,21)95-69(113)75(18,19)91-63(107)50(28-31-56(79)100)85-57(101)41(7)81-61(105)51(33-39(3)4)89-67(111)73(14,15)93-68(112)74(16,17)90-58(102)42(8)82-62(106)53(83-43(9)97)35-44-36-80-47-25-23-22-24-46(44)47/h22-25,36,38-42,45,48-53,80,96H,26-35,37H2,1-21H3,(H2,77,98)(H2,78,99)(H2,79,100)(H,81,105)(H,82,106)(H,83,97)(H,84,103)(H,85,101)(H,86,104)(H,87,109)(H,88,110)(H,89,111)(H,90,102)(H,91,107)(H,92,108)(H,93,112)(H,94,114)(H,95,113)/t41-,42-,45-,48-,49-,50-,51-,52-,53-/m0/s1. The first-order valence-corrected chi connectivity index (χ1v) is 37.9. The van der Waals surface area contributed by atoms with E-state index in [1.165, 1.54) is 104 Å². The molecule has 38 heteroatoms. The van der Waals surface area contributed by atoms with Crippen LogP contribution in [-0.4, -0.2) is 211 Å². The van der Waals surface area contributed by atoms with Crippen LogP contribution in [-0.2, 0) is 92.7 Å². The summed E-state index contributed by atoms with van der Waals surface area (Å²) in [5.74, 6) is -16.0. The normalized spacial score (nSPS) is 14.4. The number of nitrogens with two attached hydrogens (primary N) is 3. The van der Waals surface area contributed by atoms with Crippen molar-refractivity contribution in [3.05, 3.63) is 36.0 Å². The van der Waals surface area contributed by atoms with Crippen LogP contribution in [0.1, 0.15) is 209 Å². The molecule has 114 heavy (non-hydrogen) atoms. The van der Waals surface area contributed by atoms with Gasteiger partial charge < -0.3 is 107 Å². The minimum Gasteiger partial charge on any atom is -0.394 e. The van der Waals surface area contributed by atoms with E-state index in [1.54, 1.807) is 33.9 Å². The first-order chi connectivity index (χ1) is 52.3. The highest BCUT2D eigenvalue weighted by Gasteiger charge is 2.45. The molecule has 0 bridgehead atoms. The summed E-state index contributed by atoms with van der Waals surface area (Å²) >= 11 is 0. The number of fused-ring (bicyclic) bond motifs is 1. The second-order valence-electron chi connectivity index (χ2n) is 33.3. The van der Waals surface area contributed by atoms with Crippen molar-refractivity contribution < 1.29 is 91.4 Å². The average Bonchev–Trinajstić information content (AvgIpc) is 1.38. The van der Waals surface area contributed by atoms with E-state index in [1.807, 2.05) is 38.1 Å². The molecule has 18 amide bonds. The minimum atomic E-state index is -1.94. The molecule has 23 N–H and O–H groups in total. The summed E-state index contributed by atoms with van der Waals surface area (Å²) in [4.78, 5) is 246. The quantitative estimate of drug-likeness (QED) is 0.0324. The molecule has 0 aliphatic carbocycles. The van der Waals surface area contributed by atoms with E-state index in [9.17, 15) is 91.4 Å². The minimum absolute atomic E-state index is 0.000115. The molecule has 1 aromatic carbocycles. The Balaban J connectivity index is 2.23. The topological polar surface area (TPSA) is 602 Å². The molecule has 638 valence electrons. The van der Waals surface area contributed by atoms with Gasteiger partial charge in [0.05, 0.1) is 12.6 Å². The number of benzene rings is 1. The lowest BCUT2D eigenvalue weighted by Gasteiger charge is -2.35. The highest BCUT2D eigenvalue weighted by atomic mass is 16.3. The Morgan fingerprint density at radius 1 is 0.360 bits per heavy atom. The number of rotatable bonds is 47. The summed E-state index contributed by atoms with van der Waals surface area (Å²) < 4.78 is 0. The Morgan fingerprint density at radius 3 is 1.08 bits per heavy atom. The fourth-order valence-electron chi connectivity index (χ4n) is 11.3. The van der Waals surface area contributed by atoms with Gasteiger partial charge in [-0.2, -0.15) is 0 Å². The van der Waals surface area contributed by atoms with Crippen LogP contribution in [0.4, 0.5) is 0 Å². The summed E-state index contributed by atoms with van der Waals surface area (Å²) in [6.45, 7) is 29.6. The van der Waals surface area contributed by atoms with Gasteiger partial charge >= 0.3 is 0 Å². The number of aliphatic hydroxyl groups is 1. The third-order valence-electron chi connectivity index (χ3n) is 18.2. The Hall–Kier alpha value is -10.8.